The molecule has 0 radical (unpaired) electrons. The molecule has 0 saturated heterocycles. The predicted octanol–water partition coefficient (Wildman–Crippen LogP) is 31.6. The quantitative estimate of drug-likeness (QED) is 0.0310. The molecule has 0 aromatic heterocycles. The monoisotopic (exact) mass is 1930 g/mol. The molecule has 0 fully saturated rings. The maximum absolute atomic E-state index is 12.1. The van der Waals surface area contributed by atoms with E-state index in [9.17, 15) is 56.8 Å². The van der Waals surface area contributed by atoms with E-state index in [1.165, 1.54) is 193 Å². The summed E-state index contributed by atoms with van der Waals surface area (Å²) in [7, 11) is -22.2. The Balaban J connectivity index is -0.000000257. The smallest absolute Gasteiger partial charge is 0.138 e. The maximum atomic E-state index is 12.1. The van der Waals surface area contributed by atoms with Gasteiger partial charge < -0.3 is 83.9 Å². The van der Waals surface area contributed by atoms with Gasteiger partial charge >= 0.3 is 0 Å². The van der Waals surface area contributed by atoms with Crippen LogP contribution in [0.15, 0.2) is 0 Å². The summed E-state index contributed by atoms with van der Waals surface area (Å²) < 4.78 is 105. The predicted molar refractivity (Wildman–Crippen MR) is 511 cm³/mol. The van der Waals surface area contributed by atoms with Crippen LogP contribution in [-0.2, 0) is 75.6 Å². The van der Waals surface area contributed by atoms with Gasteiger partial charge in [0.25, 0.3) is 0 Å². The third-order valence-electron chi connectivity index (χ3n) is 22.8. The summed E-state index contributed by atoms with van der Waals surface area (Å²) in [5.41, 5.74) is -2.10. The van der Waals surface area contributed by atoms with Crippen LogP contribution in [0.2, 0.25) is 0 Å². The second kappa shape index (κ2) is 90.7. The van der Waals surface area contributed by atoms with Crippen LogP contribution in [0.3, 0.4) is 0 Å². The van der Waals surface area contributed by atoms with Crippen molar-refractivity contribution < 1.29 is 105 Å². The number of rotatable bonds is 78. The first-order chi connectivity index (χ1) is 56.6. The van der Waals surface area contributed by atoms with E-state index in [1.54, 1.807) is 41.5 Å². The SMILES string of the molecule is CCCCCCC(C)OP(=O)([O-])C(C)CCCCCC.CCCCCCC(C)OP(=O)([O-])C(C)CCCCCC.CCCCCCC(C)OP(=O)([O-])C(C)CCCCCC.CCCCCCC(C)OP(=O)([O-])C(C)CCCCCC.CCCCCCC(C)OP(=O)([O-])C(C)CCCCCC.CCCCCCC(C)OP(=O)([O-])C(C)CCCCCC.[Mo]. The van der Waals surface area contributed by atoms with Crippen molar-refractivity contribution in [3.8, 4) is 0 Å². The van der Waals surface area contributed by atoms with Gasteiger partial charge in [-0.2, -0.15) is 0 Å². The summed E-state index contributed by atoms with van der Waals surface area (Å²) in [5.74, 6) is 0. The number of hydrogen-bond donors (Lipinski definition) is 0. The summed E-state index contributed by atoms with van der Waals surface area (Å²) in [4.78, 5) is 72.6. The molecule has 0 bridgehead atoms. The maximum Gasteiger partial charge on any atom is 0.138 e. The van der Waals surface area contributed by atoms with Crippen LogP contribution in [0.1, 0.15) is 551 Å². The molecule has 0 aromatic carbocycles. The molecule has 18 unspecified atom stereocenters. The van der Waals surface area contributed by atoms with Gasteiger partial charge in [0.05, 0.1) is 36.6 Å². The van der Waals surface area contributed by atoms with Gasteiger partial charge in [-0.25, -0.2) is 0 Å². The van der Waals surface area contributed by atoms with Crippen molar-refractivity contribution in [1.82, 2.24) is 0 Å². The minimum atomic E-state index is -3.69. The van der Waals surface area contributed by atoms with Crippen LogP contribution in [-0.4, -0.2) is 70.6 Å². The van der Waals surface area contributed by atoms with Crippen LogP contribution in [0, 0.1) is 0 Å². The average molecular weight is 1930 g/mol. The standard InChI is InChI=1S/6C16H35O3P.Mo/c6*1-5-7-9-11-13-15(3)19-20(17,18)16(4)14-12-10-8-6-2;/h6*15-16H,5-14H2,1-4H3,(H,17,18);/p-6. The van der Waals surface area contributed by atoms with E-state index in [4.69, 9.17) is 27.1 Å². The Morgan fingerprint density at radius 1 is 0.157 bits per heavy atom. The topological polar surface area (TPSA) is 296 Å². The Hall–Kier alpha value is 1.59. The molecule has 0 N–H and O–H groups in total. The van der Waals surface area contributed by atoms with Crippen LogP contribution < -0.4 is 29.4 Å². The molecule has 0 saturated carbocycles. The van der Waals surface area contributed by atoms with Crippen molar-refractivity contribution >= 4 is 45.6 Å². The molecule has 0 spiro atoms. The molecule has 18 atom stereocenters. The molecule has 0 heterocycles. The van der Waals surface area contributed by atoms with E-state index >= 15 is 0 Å². The first-order valence-corrected chi connectivity index (χ1v) is 60.2. The van der Waals surface area contributed by atoms with Gasteiger partial charge in [-0.15, -0.1) is 0 Å². The first-order valence-electron chi connectivity index (χ1n) is 50.6. The van der Waals surface area contributed by atoms with Crippen molar-refractivity contribution in [2.24, 2.45) is 0 Å². The van der Waals surface area contributed by atoms with Crippen molar-refractivity contribution in [1.29, 1.82) is 0 Å². The second-order valence-electron chi connectivity index (χ2n) is 36.0. The molecular weight excluding hydrogens is 1720 g/mol. The third kappa shape index (κ3) is 89.2. The zero-order chi connectivity index (χ0) is 92.6. The van der Waals surface area contributed by atoms with Crippen LogP contribution >= 0.6 is 45.6 Å². The van der Waals surface area contributed by atoms with E-state index in [2.05, 4.69) is 83.1 Å². The minimum absolute atomic E-state index is 0. The molecule has 0 aliphatic carbocycles. The van der Waals surface area contributed by atoms with Gasteiger partial charge in [-0.1, -0.05) is 433 Å². The Morgan fingerprint density at radius 3 is 0.322 bits per heavy atom. The van der Waals surface area contributed by atoms with Gasteiger partial charge in [-0.05, 0) is 119 Å². The minimum Gasteiger partial charge on any atom is -0.778 e. The average Bonchev–Trinajstić information content (AvgIpc) is 0.910. The van der Waals surface area contributed by atoms with E-state index < -0.39 is 45.6 Å². The number of unbranched alkanes of at least 4 members (excludes halogenated alkanes) is 36. The molecule has 0 aliphatic rings. The normalized spacial score (nSPS) is 17.5. The fraction of sp³-hybridized carbons (Fsp3) is 1.00. The van der Waals surface area contributed by atoms with E-state index in [1.807, 2.05) is 41.5 Å². The third-order valence-corrected chi connectivity index (χ3v) is 34.8. The van der Waals surface area contributed by atoms with E-state index in [-0.39, 0.29) is 91.6 Å². The summed E-state index contributed by atoms with van der Waals surface area (Å²) in [5, 5.41) is 0. The van der Waals surface area contributed by atoms with Crippen molar-refractivity contribution in [3.05, 3.63) is 0 Å². The van der Waals surface area contributed by atoms with Crippen molar-refractivity contribution in [2.45, 2.75) is 622 Å². The van der Waals surface area contributed by atoms with Gasteiger partial charge in [0.2, 0.25) is 0 Å². The molecule has 25 heteroatoms. The molecule has 0 rings (SSSR count). The molecule has 0 amide bonds. The van der Waals surface area contributed by atoms with Gasteiger partial charge in [0.15, 0.2) is 0 Å². The molecule has 0 aromatic rings. The Morgan fingerprint density at radius 2 is 0.240 bits per heavy atom. The van der Waals surface area contributed by atoms with Gasteiger partial charge in [0.1, 0.15) is 45.6 Å². The summed E-state index contributed by atoms with van der Waals surface area (Å²) in [6, 6.07) is 0. The molecule has 121 heavy (non-hydrogen) atoms. The summed E-state index contributed by atoms with van der Waals surface area (Å²) in [6.45, 7) is 47.9. The van der Waals surface area contributed by atoms with Crippen LogP contribution in [0.4, 0.5) is 0 Å². The molecular formula is C96H204MoO18P6-6. The Labute approximate surface area is 767 Å². The van der Waals surface area contributed by atoms with E-state index in [0.717, 1.165) is 193 Å². The van der Waals surface area contributed by atoms with Gasteiger partial charge in [0, 0.05) is 55.0 Å². The van der Waals surface area contributed by atoms with Crippen LogP contribution in [0.5, 0.6) is 0 Å². The van der Waals surface area contributed by atoms with Crippen LogP contribution in [0.25, 0.3) is 0 Å². The van der Waals surface area contributed by atoms with Crippen molar-refractivity contribution in [3.63, 3.8) is 0 Å². The Kier molecular flexibility index (Phi) is 102. The largest absolute Gasteiger partial charge is 0.778 e. The fourth-order valence-corrected chi connectivity index (χ4v) is 21.6. The molecule has 0 aliphatic heterocycles. The molecule has 18 nitrogen and oxygen atoms in total. The Bertz CT molecular complexity index is 2040. The van der Waals surface area contributed by atoms with E-state index in [0.29, 0.717) is 0 Å². The zero-order valence-electron chi connectivity index (χ0n) is 83.8. The van der Waals surface area contributed by atoms with Gasteiger partial charge in [-0.3, -0.25) is 0 Å². The first kappa shape index (κ1) is 136. The zero-order valence-corrected chi connectivity index (χ0v) is 91.2. The molecule has 738 valence electrons. The summed E-state index contributed by atoms with van der Waals surface area (Å²) in [6.07, 6.45) is 63.0. The van der Waals surface area contributed by atoms with Crippen molar-refractivity contribution in [2.75, 3.05) is 0 Å². The summed E-state index contributed by atoms with van der Waals surface area (Å²) >= 11 is 0. The second-order valence-corrected chi connectivity index (χ2v) is 49.1. The number of hydrogen-bond acceptors (Lipinski definition) is 18. The fourth-order valence-electron chi connectivity index (χ4n) is 13.7.